The van der Waals surface area contributed by atoms with E-state index in [0.717, 1.165) is 32.0 Å². The molecule has 21 heavy (non-hydrogen) atoms. The molecule has 0 spiro atoms. The van der Waals surface area contributed by atoms with E-state index in [2.05, 4.69) is 32.6 Å². The second kappa shape index (κ2) is 5.66. The fraction of sp³-hybridized carbons (Fsp3) is 0.944. The lowest BCUT2D eigenvalue weighted by Gasteiger charge is -2.38. The lowest BCUT2D eigenvalue weighted by molar-refractivity contribution is -0.129. The van der Waals surface area contributed by atoms with E-state index in [0.29, 0.717) is 29.8 Å². The van der Waals surface area contributed by atoms with Crippen LogP contribution >= 0.6 is 0 Å². The average Bonchev–Trinajstić information content (AvgIpc) is 2.93. The van der Waals surface area contributed by atoms with Crippen LogP contribution in [0.25, 0.3) is 0 Å². The molecule has 1 aliphatic heterocycles. The molecule has 5 atom stereocenters. The van der Waals surface area contributed by atoms with Crippen LogP contribution in [0.15, 0.2) is 0 Å². The fourth-order valence-corrected chi connectivity index (χ4v) is 5.42. The summed E-state index contributed by atoms with van der Waals surface area (Å²) in [6.07, 6.45) is 5.26. The number of rotatable bonds is 4. The van der Waals surface area contributed by atoms with E-state index in [4.69, 9.17) is 4.74 Å². The maximum atomic E-state index is 12.8. The molecule has 2 aliphatic carbocycles. The number of hydrogen-bond acceptors (Lipinski definition) is 3. The molecule has 0 N–H and O–H groups in total. The van der Waals surface area contributed by atoms with Gasteiger partial charge in [-0.25, -0.2) is 0 Å². The summed E-state index contributed by atoms with van der Waals surface area (Å²) in [4.78, 5) is 15.2. The third-order valence-corrected chi connectivity index (χ3v) is 6.31. The van der Waals surface area contributed by atoms with Crippen LogP contribution in [-0.2, 0) is 9.53 Å². The van der Waals surface area contributed by atoms with Crippen LogP contribution in [-0.4, -0.2) is 42.5 Å². The molecular formula is C18H31NO2. The lowest BCUT2D eigenvalue weighted by Crippen LogP contribution is -2.46. The first-order chi connectivity index (χ1) is 9.88. The van der Waals surface area contributed by atoms with Crippen molar-refractivity contribution in [3.05, 3.63) is 0 Å². The number of ether oxygens (including phenoxy) is 1. The zero-order chi connectivity index (χ0) is 15.2. The summed E-state index contributed by atoms with van der Waals surface area (Å²) in [5.74, 6) is 2.33. The highest BCUT2D eigenvalue weighted by molar-refractivity contribution is 5.82. The van der Waals surface area contributed by atoms with E-state index in [1.54, 1.807) is 0 Å². The summed E-state index contributed by atoms with van der Waals surface area (Å²) < 4.78 is 5.77. The number of Topliss-reactive ketones (excluding diaryl/α,β-unsaturated/α-hetero) is 1. The normalized spacial score (nSPS) is 42.4. The van der Waals surface area contributed by atoms with Crippen molar-refractivity contribution in [2.45, 2.75) is 65.6 Å². The van der Waals surface area contributed by atoms with E-state index in [1.807, 2.05) is 0 Å². The first kappa shape index (κ1) is 15.5. The Labute approximate surface area is 129 Å². The van der Waals surface area contributed by atoms with Crippen LogP contribution in [0.4, 0.5) is 0 Å². The van der Waals surface area contributed by atoms with E-state index < -0.39 is 0 Å². The maximum absolute atomic E-state index is 12.8. The molecule has 3 rings (SSSR count). The molecule has 0 radical (unpaired) electrons. The van der Waals surface area contributed by atoms with Gasteiger partial charge < -0.3 is 4.74 Å². The number of ketones is 1. The van der Waals surface area contributed by atoms with Crippen LogP contribution < -0.4 is 0 Å². The fourth-order valence-electron chi connectivity index (χ4n) is 5.42. The van der Waals surface area contributed by atoms with Crippen LogP contribution in [0.1, 0.15) is 53.4 Å². The molecular weight excluding hydrogens is 262 g/mol. The average molecular weight is 293 g/mol. The maximum Gasteiger partial charge on any atom is 0.138 e. The van der Waals surface area contributed by atoms with Crippen LogP contribution in [0.2, 0.25) is 0 Å². The summed E-state index contributed by atoms with van der Waals surface area (Å²) in [7, 11) is 0. The van der Waals surface area contributed by atoms with Gasteiger partial charge >= 0.3 is 0 Å². The highest BCUT2D eigenvalue weighted by Gasteiger charge is 2.54. The third-order valence-electron chi connectivity index (χ3n) is 6.31. The molecule has 120 valence electrons. The van der Waals surface area contributed by atoms with E-state index in [-0.39, 0.29) is 5.41 Å². The smallest absolute Gasteiger partial charge is 0.138 e. The zero-order valence-corrected chi connectivity index (χ0v) is 14.1. The largest absolute Gasteiger partial charge is 0.373 e. The van der Waals surface area contributed by atoms with Gasteiger partial charge in [0.1, 0.15) is 5.78 Å². The van der Waals surface area contributed by atoms with Crippen molar-refractivity contribution in [2.24, 2.45) is 23.2 Å². The van der Waals surface area contributed by atoms with E-state index in [9.17, 15) is 4.79 Å². The Balaban J connectivity index is 1.55. The van der Waals surface area contributed by atoms with Gasteiger partial charge in [-0.3, -0.25) is 9.69 Å². The molecule has 0 aromatic heterocycles. The summed E-state index contributed by atoms with van der Waals surface area (Å²) in [6, 6.07) is 0. The number of fused-ring (bicyclic) bond motifs is 2. The van der Waals surface area contributed by atoms with Crippen molar-refractivity contribution < 1.29 is 9.53 Å². The Hall–Kier alpha value is -0.410. The van der Waals surface area contributed by atoms with Crippen LogP contribution in [0.5, 0.6) is 0 Å². The molecule has 4 unspecified atom stereocenters. The molecule has 0 aromatic carbocycles. The summed E-state index contributed by atoms with van der Waals surface area (Å²) in [5.41, 5.74) is 0.242. The van der Waals surface area contributed by atoms with Crippen molar-refractivity contribution in [2.75, 3.05) is 19.6 Å². The summed E-state index contributed by atoms with van der Waals surface area (Å²) in [5, 5.41) is 0. The van der Waals surface area contributed by atoms with Crippen molar-refractivity contribution in [1.29, 1.82) is 0 Å². The topological polar surface area (TPSA) is 29.5 Å². The Morgan fingerprint density at radius 3 is 2.43 bits per heavy atom. The number of nitrogens with zero attached hydrogens (tertiary/aromatic N) is 1. The molecule has 2 bridgehead atoms. The van der Waals surface area contributed by atoms with Crippen molar-refractivity contribution >= 4 is 5.78 Å². The van der Waals surface area contributed by atoms with Gasteiger partial charge in [-0.2, -0.15) is 0 Å². The lowest BCUT2D eigenvalue weighted by atomic mass is 9.66. The molecule has 1 heterocycles. The van der Waals surface area contributed by atoms with Crippen molar-refractivity contribution in [3.8, 4) is 0 Å². The first-order valence-electron chi connectivity index (χ1n) is 8.78. The van der Waals surface area contributed by atoms with Crippen LogP contribution in [0.3, 0.4) is 0 Å². The van der Waals surface area contributed by atoms with Gasteiger partial charge in [0.2, 0.25) is 0 Å². The quantitative estimate of drug-likeness (QED) is 0.797. The second-order valence-electron chi connectivity index (χ2n) is 8.30. The van der Waals surface area contributed by atoms with Gasteiger partial charge in [-0.05, 0) is 50.4 Å². The Bertz CT molecular complexity index is 396. The van der Waals surface area contributed by atoms with Crippen molar-refractivity contribution in [1.82, 2.24) is 4.90 Å². The summed E-state index contributed by atoms with van der Waals surface area (Å²) in [6.45, 7) is 11.8. The van der Waals surface area contributed by atoms with Gasteiger partial charge in [0, 0.05) is 32.0 Å². The Morgan fingerprint density at radius 2 is 1.86 bits per heavy atom. The minimum atomic E-state index is 0.242. The standard InChI is InChI=1S/C18H31NO2/c1-12-10-19(11-13(2)21-12)8-7-16(20)17-14-5-6-15(9-14)18(17,3)4/h12-15,17H,5-11H2,1-4H3/t12?,13?,14?,15?,17-/m1/s1. The van der Waals surface area contributed by atoms with Gasteiger partial charge in [0.05, 0.1) is 12.2 Å². The molecule has 3 heteroatoms. The molecule has 3 fully saturated rings. The minimum Gasteiger partial charge on any atom is -0.373 e. The number of hydrogen-bond donors (Lipinski definition) is 0. The predicted octanol–water partition coefficient (Wildman–Crippen LogP) is 3.13. The molecule has 3 nitrogen and oxygen atoms in total. The summed E-state index contributed by atoms with van der Waals surface area (Å²) >= 11 is 0. The number of carbonyl (C=O) groups is 1. The highest BCUT2D eigenvalue weighted by atomic mass is 16.5. The minimum absolute atomic E-state index is 0.242. The Morgan fingerprint density at radius 1 is 1.19 bits per heavy atom. The molecule has 2 saturated carbocycles. The van der Waals surface area contributed by atoms with Gasteiger partial charge in [-0.1, -0.05) is 13.8 Å². The molecule has 0 amide bonds. The molecule has 0 aromatic rings. The van der Waals surface area contributed by atoms with E-state index in [1.165, 1.54) is 19.3 Å². The third kappa shape index (κ3) is 2.92. The predicted molar refractivity (Wildman–Crippen MR) is 84.2 cm³/mol. The Kier molecular flexibility index (Phi) is 4.17. The zero-order valence-electron chi connectivity index (χ0n) is 14.1. The van der Waals surface area contributed by atoms with Crippen LogP contribution in [0, 0.1) is 23.2 Å². The second-order valence-corrected chi connectivity index (χ2v) is 8.30. The van der Waals surface area contributed by atoms with Gasteiger partial charge in [-0.15, -0.1) is 0 Å². The van der Waals surface area contributed by atoms with Crippen molar-refractivity contribution in [3.63, 3.8) is 0 Å². The monoisotopic (exact) mass is 293 g/mol. The van der Waals surface area contributed by atoms with Gasteiger partial charge in [0.25, 0.3) is 0 Å². The first-order valence-corrected chi connectivity index (χ1v) is 8.78. The van der Waals surface area contributed by atoms with Gasteiger partial charge in [0.15, 0.2) is 0 Å². The molecule has 3 aliphatic rings. The molecule has 1 saturated heterocycles. The highest BCUT2D eigenvalue weighted by Crippen LogP contribution is 2.59. The van der Waals surface area contributed by atoms with E-state index >= 15 is 0 Å². The SMILES string of the molecule is CC1CN(CCC(=O)[C@H]2C3CCC(C3)C2(C)C)CC(C)O1. The number of morpholine rings is 1. The number of carbonyl (C=O) groups excluding carboxylic acids is 1.